The highest BCUT2D eigenvalue weighted by atomic mass is 16.4. The maximum Gasteiger partial charge on any atom is 0.287 e. The monoisotopic (exact) mass is 237 g/mol. The number of hydrogen-bond acceptors (Lipinski definition) is 4. The normalized spacial score (nSPS) is 24.8. The second kappa shape index (κ2) is 4.90. The van der Waals surface area contributed by atoms with Gasteiger partial charge in [-0.3, -0.25) is 4.79 Å². The first-order chi connectivity index (χ1) is 8.22. The van der Waals surface area contributed by atoms with Crippen molar-refractivity contribution in [2.45, 2.75) is 25.3 Å². The minimum atomic E-state index is -0.266. The molecule has 1 aromatic rings. The molecule has 4 N–H and O–H groups in total. The fourth-order valence-electron chi connectivity index (χ4n) is 2.21. The van der Waals surface area contributed by atoms with Gasteiger partial charge in [-0.25, -0.2) is 0 Å². The van der Waals surface area contributed by atoms with Gasteiger partial charge >= 0.3 is 0 Å². The topological polar surface area (TPSA) is 101 Å². The molecule has 0 spiro atoms. The molecule has 1 aliphatic rings. The summed E-state index contributed by atoms with van der Waals surface area (Å²) in [5.74, 6) is 0.0824. The van der Waals surface area contributed by atoms with Crippen molar-refractivity contribution in [1.82, 2.24) is 5.32 Å². The Hall–Kier alpha value is -1.98. The molecule has 0 saturated heterocycles. The summed E-state index contributed by atoms with van der Waals surface area (Å²) in [5, 5.41) is 14.5. The fraction of sp³-hybridized carbons (Fsp3) is 0.455. The van der Waals surface area contributed by atoms with Crippen LogP contribution in [0.25, 0.3) is 0 Å². The summed E-state index contributed by atoms with van der Waals surface area (Å²) in [4.78, 5) is 11.8. The van der Waals surface area contributed by atoms with E-state index in [4.69, 9.17) is 15.4 Å². The van der Waals surface area contributed by atoms with Gasteiger partial charge in [-0.2, -0.15) is 0 Å². The lowest BCUT2D eigenvalue weighted by molar-refractivity contribution is 0.0905. The van der Waals surface area contributed by atoms with Crippen LogP contribution in [0, 0.1) is 5.92 Å². The average molecular weight is 237 g/mol. The third kappa shape index (κ3) is 2.41. The Kier molecular flexibility index (Phi) is 3.32. The molecular weight excluding hydrogens is 222 g/mol. The molecule has 6 heteroatoms. The maximum absolute atomic E-state index is 11.8. The van der Waals surface area contributed by atoms with Gasteiger partial charge in [-0.05, 0) is 25.0 Å². The van der Waals surface area contributed by atoms with Crippen LogP contribution in [-0.2, 0) is 0 Å². The number of hydrogen-bond donors (Lipinski definition) is 3. The van der Waals surface area contributed by atoms with Crippen LogP contribution in [0.4, 0.5) is 0 Å². The first kappa shape index (κ1) is 11.5. The van der Waals surface area contributed by atoms with E-state index in [0.717, 1.165) is 19.3 Å². The Morgan fingerprint density at radius 1 is 1.59 bits per heavy atom. The second-order valence-corrected chi connectivity index (χ2v) is 4.12. The van der Waals surface area contributed by atoms with Gasteiger partial charge in [0.05, 0.1) is 6.26 Å². The zero-order valence-electron chi connectivity index (χ0n) is 9.30. The van der Waals surface area contributed by atoms with Crippen LogP contribution in [0.15, 0.2) is 28.0 Å². The summed E-state index contributed by atoms with van der Waals surface area (Å²) in [7, 11) is 0. The van der Waals surface area contributed by atoms with Crippen molar-refractivity contribution in [3.05, 3.63) is 24.2 Å². The summed E-state index contributed by atoms with van der Waals surface area (Å²) in [6.07, 6.45) is 4.04. The van der Waals surface area contributed by atoms with E-state index < -0.39 is 0 Å². The first-order valence-electron chi connectivity index (χ1n) is 5.54. The second-order valence-electron chi connectivity index (χ2n) is 4.12. The summed E-state index contributed by atoms with van der Waals surface area (Å²) in [6, 6.07) is 3.16. The highest BCUT2D eigenvalue weighted by Crippen LogP contribution is 2.26. The van der Waals surface area contributed by atoms with Crippen LogP contribution in [0.1, 0.15) is 29.8 Å². The van der Waals surface area contributed by atoms with Crippen LogP contribution in [0.3, 0.4) is 0 Å². The third-order valence-corrected chi connectivity index (χ3v) is 3.07. The number of nitrogens with zero attached hydrogens (tertiary/aromatic N) is 1. The quantitative estimate of drug-likeness (QED) is 0.315. The van der Waals surface area contributed by atoms with Crippen LogP contribution in [-0.4, -0.2) is 23.0 Å². The Labute approximate surface area is 98.5 Å². The van der Waals surface area contributed by atoms with Gasteiger partial charge in [-0.1, -0.05) is 11.6 Å². The number of furan rings is 1. The van der Waals surface area contributed by atoms with Crippen LogP contribution in [0.5, 0.6) is 0 Å². The van der Waals surface area contributed by atoms with Gasteiger partial charge in [0.1, 0.15) is 5.84 Å². The number of nitrogens with one attached hydrogen (secondary N) is 1. The Bertz CT molecular complexity index is 414. The van der Waals surface area contributed by atoms with Crippen molar-refractivity contribution in [2.75, 3.05) is 0 Å². The first-order valence-corrected chi connectivity index (χ1v) is 5.54. The summed E-state index contributed by atoms with van der Waals surface area (Å²) in [5.41, 5.74) is 5.59. The number of nitrogens with two attached hydrogens (primary N) is 1. The van der Waals surface area contributed by atoms with Crippen molar-refractivity contribution in [2.24, 2.45) is 16.8 Å². The largest absolute Gasteiger partial charge is 0.459 e. The molecule has 1 aliphatic carbocycles. The smallest absolute Gasteiger partial charge is 0.287 e. The predicted octanol–water partition coefficient (Wildman–Crippen LogP) is 0.924. The summed E-state index contributed by atoms with van der Waals surface area (Å²) in [6.45, 7) is 0. The SMILES string of the molecule is NC(=NO)C1CCCC1NC(=O)c1ccco1. The molecule has 2 unspecified atom stereocenters. The van der Waals surface area contributed by atoms with Crippen molar-refractivity contribution >= 4 is 11.7 Å². The molecule has 2 rings (SSSR count). The van der Waals surface area contributed by atoms with Gasteiger partial charge < -0.3 is 20.7 Å². The number of amides is 1. The minimum absolute atomic E-state index is 0.0940. The Balaban J connectivity index is 2.01. The Morgan fingerprint density at radius 2 is 2.41 bits per heavy atom. The highest BCUT2D eigenvalue weighted by molar-refractivity contribution is 5.92. The van der Waals surface area contributed by atoms with Gasteiger partial charge in [0.25, 0.3) is 5.91 Å². The van der Waals surface area contributed by atoms with E-state index in [0.29, 0.717) is 0 Å². The van der Waals surface area contributed by atoms with E-state index in [1.807, 2.05) is 0 Å². The number of rotatable bonds is 3. The Morgan fingerprint density at radius 3 is 3.06 bits per heavy atom. The average Bonchev–Trinajstić information content (AvgIpc) is 2.98. The molecule has 0 bridgehead atoms. The van der Waals surface area contributed by atoms with E-state index in [9.17, 15) is 4.79 Å². The van der Waals surface area contributed by atoms with Gasteiger partial charge in [0.15, 0.2) is 5.76 Å². The molecular formula is C11H15N3O3. The molecule has 1 heterocycles. The number of amidine groups is 1. The molecule has 1 saturated carbocycles. The van der Waals surface area contributed by atoms with E-state index >= 15 is 0 Å². The van der Waals surface area contributed by atoms with E-state index in [1.54, 1.807) is 12.1 Å². The maximum atomic E-state index is 11.8. The highest BCUT2D eigenvalue weighted by Gasteiger charge is 2.32. The molecule has 2 atom stereocenters. The molecule has 6 nitrogen and oxygen atoms in total. The zero-order valence-corrected chi connectivity index (χ0v) is 9.30. The van der Waals surface area contributed by atoms with Gasteiger partial charge in [0.2, 0.25) is 0 Å². The minimum Gasteiger partial charge on any atom is -0.459 e. The van der Waals surface area contributed by atoms with E-state index in [2.05, 4.69) is 10.5 Å². The standard InChI is InChI=1S/C11H15N3O3/c12-10(14-16)7-3-1-4-8(7)13-11(15)9-5-2-6-17-9/h2,5-8,16H,1,3-4H2,(H2,12,14)(H,13,15). The molecule has 1 amide bonds. The zero-order chi connectivity index (χ0) is 12.3. The third-order valence-electron chi connectivity index (χ3n) is 3.07. The molecule has 92 valence electrons. The molecule has 0 radical (unpaired) electrons. The number of carbonyl (C=O) groups excluding carboxylic acids is 1. The van der Waals surface area contributed by atoms with Crippen molar-refractivity contribution < 1.29 is 14.4 Å². The lowest BCUT2D eigenvalue weighted by atomic mass is 10.0. The number of carbonyl (C=O) groups is 1. The van der Waals surface area contributed by atoms with Crippen LogP contribution < -0.4 is 11.1 Å². The molecule has 17 heavy (non-hydrogen) atoms. The van der Waals surface area contributed by atoms with Crippen LogP contribution in [0.2, 0.25) is 0 Å². The number of oxime groups is 1. The van der Waals surface area contributed by atoms with Crippen molar-refractivity contribution in [3.8, 4) is 0 Å². The molecule has 1 fully saturated rings. The summed E-state index contributed by atoms with van der Waals surface area (Å²) < 4.78 is 5.00. The molecule has 0 aliphatic heterocycles. The van der Waals surface area contributed by atoms with Gasteiger partial charge in [0, 0.05) is 12.0 Å². The van der Waals surface area contributed by atoms with E-state index in [1.165, 1.54) is 6.26 Å². The van der Waals surface area contributed by atoms with E-state index in [-0.39, 0.29) is 29.5 Å². The van der Waals surface area contributed by atoms with Crippen LogP contribution >= 0.6 is 0 Å². The summed E-state index contributed by atoms with van der Waals surface area (Å²) >= 11 is 0. The van der Waals surface area contributed by atoms with Gasteiger partial charge in [-0.15, -0.1) is 0 Å². The van der Waals surface area contributed by atoms with Crippen molar-refractivity contribution in [1.29, 1.82) is 0 Å². The lowest BCUT2D eigenvalue weighted by Gasteiger charge is -2.18. The van der Waals surface area contributed by atoms with Crippen molar-refractivity contribution in [3.63, 3.8) is 0 Å². The fourth-order valence-corrected chi connectivity index (χ4v) is 2.21. The lowest BCUT2D eigenvalue weighted by Crippen LogP contribution is -2.42. The molecule has 1 aromatic heterocycles. The predicted molar refractivity (Wildman–Crippen MR) is 60.7 cm³/mol. The molecule has 0 aromatic carbocycles.